The molecule has 0 bridgehead atoms. The summed E-state index contributed by atoms with van der Waals surface area (Å²) in [6, 6.07) is 2.07. The Balaban J connectivity index is 1.04. The SMILES string of the molecule is CC(=O)N1CCC2CCCC(NC3CCNC(NC4CCC(OCC5CCCCC5)CC4)C3)C21. The summed E-state index contributed by atoms with van der Waals surface area (Å²) in [6.07, 6.45) is 20.2. The highest BCUT2D eigenvalue weighted by Gasteiger charge is 2.43. The monoisotopic (exact) mass is 474 g/mol. The molecule has 6 nitrogen and oxygen atoms in total. The van der Waals surface area contributed by atoms with E-state index in [-0.39, 0.29) is 5.91 Å². The molecule has 0 aromatic carbocycles. The van der Waals surface area contributed by atoms with Crippen molar-refractivity contribution < 1.29 is 9.53 Å². The highest BCUT2D eigenvalue weighted by Crippen LogP contribution is 2.37. The third-order valence-electron chi connectivity index (χ3n) is 9.75. The van der Waals surface area contributed by atoms with Crippen LogP contribution in [0.3, 0.4) is 0 Å². The molecule has 0 aromatic rings. The van der Waals surface area contributed by atoms with Gasteiger partial charge in [0.2, 0.25) is 5.91 Å². The van der Waals surface area contributed by atoms with Gasteiger partial charge in [-0.1, -0.05) is 25.7 Å². The van der Waals surface area contributed by atoms with E-state index in [1.807, 2.05) is 0 Å². The third kappa shape index (κ3) is 6.35. The molecular formula is C28H50N4O2. The Bertz CT molecular complexity index is 646. The first kappa shape index (κ1) is 25.0. The number of nitrogens with one attached hydrogen (secondary N) is 3. The van der Waals surface area contributed by atoms with E-state index in [1.54, 1.807) is 6.92 Å². The zero-order chi connectivity index (χ0) is 23.3. The fourth-order valence-corrected chi connectivity index (χ4v) is 7.87. The van der Waals surface area contributed by atoms with Gasteiger partial charge in [-0.2, -0.15) is 0 Å². The minimum atomic E-state index is 0.268. The summed E-state index contributed by atoms with van der Waals surface area (Å²) in [7, 11) is 0. The first-order chi connectivity index (χ1) is 16.7. The summed E-state index contributed by atoms with van der Waals surface area (Å²) in [5.41, 5.74) is 0. The topological polar surface area (TPSA) is 65.6 Å². The first-order valence-electron chi connectivity index (χ1n) is 14.8. The molecule has 2 saturated heterocycles. The molecule has 2 aliphatic heterocycles. The van der Waals surface area contributed by atoms with Crippen molar-refractivity contribution in [3.8, 4) is 0 Å². The number of nitrogens with zero attached hydrogens (tertiary/aromatic N) is 1. The standard InChI is InChI=1S/C28H50N4O2/c1-20(33)32-17-15-22-8-5-9-26(28(22)32)30-24-14-16-29-27(18-24)31-23-10-12-25(13-11-23)34-19-21-6-3-2-4-7-21/h21-31H,2-19H2,1H3. The Morgan fingerprint density at radius 2 is 1.71 bits per heavy atom. The molecular weight excluding hydrogens is 424 g/mol. The fourth-order valence-electron chi connectivity index (χ4n) is 7.87. The van der Waals surface area contributed by atoms with Gasteiger partial charge in [-0.25, -0.2) is 0 Å². The van der Waals surface area contributed by atoms with E-state index in [9.17, 15) is 4.79 Å². The first-order valence-corrected chi connectivity index (χ1v) is 14.8. The molecule has 5 fully saturated rings. The molecule has 5 atom stereocenters. The molecule has 1 amide bonds. The number of ether oxygens (including phenoxy) is 1. The van der Waals surface area contributed by atoms with Crippen LogP contribution in [0.25, 0.3) is 0 Å². The van der Waals surface area contributed by atoms with Gasteiger partial charge in [-0.3, -0.25) is 10.1 Å². The second kappa shape index (κ2) is 12.0. The molecule has 5 unspecified atom stereocenters. The molecule has 5 rings (SSSR count). The normalized spacial score (nSPS) is 39.7. The number of piperidine rings is 1. The minimum absolute atomic E-state index is 0.268. The number of rotatable bonds is 7. The van der Waals surface area contributed by atoms with E-state index in [0.29, 0.717) is 42.4 Å². The number of likely N-dealkylation sites (tertiary alicyclic amines) is 1. The predicted molar refractivity (Wildman–Crippen MR) is 137 cm³/mol. The van der Waals surface area contributed by atoms with Gasteiger partial charge in [0.25, 0.3) is 0 Å². The predicted octanol–water partition coefficient (Wildman–Crippen LogP) is 3.94. The van der Waals surface area contributed by atoms with Crippen LogP contribution in [-0.2, 0) is 9.53 Å². The smallest absolute Gasteiger partial charge is 0.219 e. The average Bonchev–Trinajstić information content (AvgIpc) is 3.30. The van der Waals surface area contributed by atoms with Crippen LogP contribution in [0.2, 0.25) is 0 Å². The maximum Gasteiger partial charge on any atom is 0.219 e. The minimum Gasteiger partial charge on any atom is -0.378 e. The fraction of sp³-hybridized carbons (Fsp3) is 0.964. The van der Waals surface area contributed by atoms with Crippen LogP contribution in [-0.4, -0.2) is 66.9 Å². The van der Waals surface area contributed by atoms with Gasteiger partial charge < -0.3 is 20.3 Å². The van der Waals surface area contributed by atoms with Crippen molar-refractivity contribution in [3.05, 3.63) is 0 Å². The molecule has 3 aliphatic carbocycles. The molecule has 194 valence electrons. The summed E-state index contributed by atoms with van der Waals surface area (Å²) >= 11 is 0. The van der Waals surface area contributed by atoms with Crippen molar-refractivity contribution >= 4 is 5.91 Å². The lowest BCUT2D eigenvalue weighted by Crippen LogP contribution is -2.60. The van der Waals surface area contributed by atoms with Gasteiger partial charge in [-0.15, -0.1) is 0 Å². The maximum atomic E-state index is 12.2. The molecule has 2 heterocycles. The van der Waals surface area contributed by atoms with Crippen LogP contribution in [0.15, 0.2) is 0 Å². The van der Waals surface area contributed by atoms with Crippen molar-refractivity contribution in [2.45, 2.75) is 140 Å². The van der Waals surface area contributed by atoms with Crippen molar-refractivity contribution in [3.63, 3.8) is 0 Å². The van der Waals surface area contributed by atoms with Gasteiger partial charge in [0.15, 0.2) is 0 Å². The van der Waals surface area contributed by atoms with Gasteiger partial charge in [-0.05, 0) is 89.0 Å². The zero-order valence-electron chi connectivity index (χ0n) is 21.6. The summed E-state index contributed by atoms with van der Waals surface area (Å²) < 4.78 is 6.34. The maximum absolute atomic E-state index is 12.2. The van der Waals surface area contributed by atoms with E-state index in [0.717, 1.165) is 32.0 Å². The molecule has 0 aromatic heterocycles. The molecule has 0 spiro atoms. The second-order valence-electron chi connectivity index (χ2n) is 12.2. The van der Waals surface area contributed by atoms with Crippen LogP contribution < -0.4 is 16.0 Å². The van der Waals surface area contributed by atoms with Crippen LogP contribution in [0.1, 0.15) is 103 Å². The summed E-state index contributed by atoms with van der Waals surface area (Å²) in [5, 5.41) is 11.7. The lowest BCUT2D eigenvalue weighted by atomic mass is 9.80. The molecule has 0 radical (unpaired) electrons. The number of hydrogen-bond donors (Lipinski definition) is 3. The van der Waals surface area contributed by atoms with Crippen LogP contribution >= 0.6 is 0 Å². The Morgan fingerprint density at radius 3 is 2.50 bits per heavy atom. The average molecular weight is 475 g/mol. The molecule has 3 N–H and O–H groups in total. The quantitative estimate of drug-likeness (QED) is 0.522. The molecule has 34 heavy (non-hydrogen) atoms. The van der Waals surface area contributed by atoms with Crippen LogP contribution in [0, 0.1) is 11.8 Å². The van der Waals surface area contributed by atoms with Crippen LogP contribution in [0.5, 0.6) is 0 Å². The molecule has 5 aliphatic rings. The Kier molecular flexibility index (Phi) is 8.84. The Hall–Kier alpha value is -0.690. The highest BCUT2D eigenvalue weighted by atomic mass is 16.5. The lowest BCUT2D eigenvalue weighted by Gasteiger charge is -2.43. The zero-order valence-corrected chi connectivity index (χ0v) is 21.6. The van der Waals surface area contributed by atoms with E-state index in [4.69, 9.17) is 4.74 Å². The van der Waals surface area contributed by atoms with E-state index < -0.39 is 0 Å². The van der Waals surface area contributed by atoms with E-state index in [2.05, 4.69) is 20.9 Å². The number of fused-ring (bicyclic) bond motifs is 1. The van der Waals surface area contributed by atoms with Crippen molar-refractivity contribution in [1.29, 1.82) is 0 Å². The third-order valence-corrected chi connectivity index (χ3v) is 9.75. The van der Waals surface area contributed by atoms with Crippen molar-refractivity contribution in [1.82, 2.24) is 20.9 Å². The van der Waals surface area contributed by atoms with Gasteiger partial charge >= 0.3 is 0 Å². The number of carbonyl (C=O) groups excluding carboxylic acids is 1. The van der Waals surface area contributed by atoms with Gasteiger partial charge in [0, 0.05) is 44.2 Å². The van der Waals surface area contributed by atoms with Crippen molar-refractivity contribution in [2.24, 2.45) is 11.8 Å². The number of carbonyl (C=O) groups is 1. The van der Waals surface area contributed by atoms with Gasteiger partial charge in [0.1, 0.15) is 0 Å². The Labute approximate surface area is 207 Å². The van der Waals surface area contributed by atoms with E-state index >= 15 is 0 Å². The summed E-state index contributed by atoms with van der Waals surface area (Å²) in [6.45, 7) is 4.80. The molecule has 3 saturated carbocycles. The molecule has 6 heteroatoms. The van der Waals surface area contributed by atoms with Crippen LogP contribution in [0.4, 0.5) is 0 Å². The number of hydrogen-bond acceptors (Lipinski definition) is 5. The number of amides is 1. The second-order valence-corrected chi connectivity index (χ2v) is 12.2. The summed E-state index contributed by atoms with van der Waals surface area (Å²) in [4.78, 5) is 14.4. The highest BCUT2D eigenvalue weighted by molar-refractivity contribution is 5.74. The Morgan fingerprint density at radius 1 is 0.882 bits per heavy atom. The lowest BCUT2D eigenvalue weighted by molar-refractivity contribution is -0.131. The van der Waals surface area contributed by atoms with E-state index in [1.165, 1.54) is 89.9 Å². The summed E-state index contributed by atoms with van der Waals surface area (Å²) in [5.74, 6) is 1.80. The van der Waals surface area contributed by atoms with Crippen molar-refractivity contribution in [2.75, 3.05) is 19.7 Å². The largest absolute Gasteiger partial charge is 0.378 e. The van der Waals surface area contributed by atoms with Gasteiger partial charge in [0.05, 0.1) is 12.3 Å².